The molecule has 2 aromatic carbocycles. The number of hydrogen-bond donors (Lipinski definition) is 0. The van der Waals surface area contributed by atoms with Gasteiger partial charge in [0.15, 0.2) is 5.76 Å². The van der Waals surface area contributed by atoms with Gasteiger partial charge in [0.25, 0.3) is 5.69 Å². The molecule has 0 aliphatic rings. The lowest BCUT2D eigenvalue weighted by Gasteiger charge is -2.04. The number of thioether (sulfide) groups is 1. The molecule has 28 heavy (non-hydrogen) atoms. The first kappa shape index (κ1) is 19.6. The number of esters is 1. The second-order valence-corrected chi connectivity index (χ2v) is 6.84. The van der Waals surface area contributed by atoms with Gasteiger partial charge >= 0.3 is 5.97 Å². The zero-order chi connectivity index (χ0) is 20.1. The van der Waals surface area contributed by atoms with Crippen LogP contribution in [0.15, 0.2) is 57.9 Å². The molecular weight excluding hydrogens is 387 g/mol. The summed E-state index contributed by atoms with van der Waals surface area (Å²) in [6.07, 6.45) is 0. The van der Waals surface area contributed by atoms with Crippen LogP contribution in [0.25, 0.3) is 11.3 Å². The van der Waals surface area contributed by atoms with E-state index in [2.05, 4.69) is 5.16 Å². The van der Waals surface area contributed by atoms with E-state index in [1.54, 1.807) is 31.2 Å². The number of halogens is 1. The van der Waals surface area contributed by atoms with Gasteiger partial charge in [-0.2, -0.15) is 0 Å². The molecule has 0 N–H and O–H groups in total. The number of carbonyl (C=O) groups excluding carboxylic acids is 1. The van der Waals surface area contributed by atoms with Crippen LogP contribution >= 0.6 is 11.8 Å². The summed E-state index contributed by atoms with van der Waals surface area (Å²) < 4.78 is 23.5. The van der Waals surface area contributed by atoms with Crippen molar-refractivity contribution in [2.75, 3.05) is 5.75 Å². The van der Waals surface area contributed by atoms with Gasteiger partial charge in [-0.3, -0.25) is 14.9 Å². The Morgan fingerprint density at radius 3 is 2.54 bits per heavy atom. The number of benzene rings is 2. The van der Waals surface area contributed by atoms with Crippen molar-refractivity contribution >= 4 is 23.4 Å². The molecule has 3 rings (SSSR count). The van der Waals surface area contributed by atoms with Crippen molar-refractivity contribution in [2.24, 2.45) is 0 Å². The predicted octanol–water partition coefficient (Wildman–Crippen LogP) is 4.53. The van der Waals surface area contributed by atoms with Gasteiger partial charge in [0.1, 0.15) is 18.1 Å². The fourth-order valence-electron chi connectivity index (χ4n) is 2.37. The predicted molar refractivity (Wildman–Crippen MR) is 100 cm³/mol. The van der Waals surface area contributed by atoms with Crippen LogP contribution in [0.1, 0.15) is 11.3 Å². The summed E-state index contributed by atoms with van der Waals surface area (Å²) in [7, 11) is 0. The van der Waals surface area contributed by atoms with Gasteiger partial charge in [-0.15, -0.1) is 11.8 Å². The van der Waals surface area contributed by atoms with Crippen molar-refractivity contribution in [3.05, 3.63) is 75.7 Å². The summed E-state index contributed by atoms with van der Waals surface area (Å²) >= 11 is 1.22. The third kappa shape index (κ3) is 4.74. The Morgan fingerprint density at radius 1 is 1.21 bits per heavy atom. The van der Waals surface area contributed by atoms with Crippen LogP contribution in [-0.4, -0.2) is 21.8 Å². The molecule has 0 aliphatic heterocycles. The molecule has 0 amide bonds. The lowest BCUT2D eigenvalue weighted by molar-refractivity contribution is -0.384. The van der Waals surface area contributed by atoms with E-state index in [-0.39, 0.29) is 23.9 Å². The molecule has 3 aromatic rings. The summed E-state index contributed by atoms with van der Waals surface area (Å²) in [5.41, 5.74) is 1.86. The average molecular weight is 402 g/mol. The molecule has 1 aromatic heterocycles. The number of nitro benzene ring substituents is 1. The molecule has 7 nitrogen and oxygen atoms in total. The Labute approximate surface area is 163 Å². The molecule has 0 unspecified atom stereocenters. The maximum Gasteiger partial charge on any atom is 0.316 e. The third-order valence-electron chi connectivity index (χ3n) is 3.90. The maximum atomic E-state index is 13.0. The largest absolute Gasteiger partial charge is 0.458 e. The highest BCUT2D eigenvalue weighted by Gasteiger charge is 2.16. The van der Waals surface area contributed by atoms with Crippen LogP contribution in [-0.2, 0) is 16.1 Å². The number of aromatic nitrogens is 1. The van der Waals surface area contributed by atoms with Gasteiger partial charge in [0.05, 0.1) is 10.7 Å². The molecule has 0 aliphatic carbocycles. The first-order chi connectivity index (χ1) is 13.4. The number of nitrogens with zero attached hydrogens (tertiary/aromatic N) is 2. The minimum atomic E-state index is -0.483. The van der Waals surface area contributed by atoms with Gasteiger partial charge in [-0.25, -0.2) is 4.39 Å². The molecule has 144 valence electrons. The first-order valence-electron chi connectivity index (χ1n) is 8.18. The molecule has 1 heterocycles. The van der Waals surface area contributed by atoms with E-state index in [0.717, 1.165) is 4.90 Å². The molecule has 9 heteroatoms. The van der Waals surface area contributed by atoms with Gasteiger partial charge in [-0.05, 0) is 43.3 Å². The Balaban J connectivity index is 1.53. The minimum absolute atomic E-state index is 0.00890. The molecule has 0 atom stereocenters. The van der Waals surface area contributed by atoms with Crippen LogP contribution in [0.2, 0.25) is 0 Å². The van der Waals surface area contributed by atoms with E-state index in [0.29, 0.717) is 22.6 Å². The van der Waals surface area contributed by atoms with Crippen molar-refractivity contribution < 1.29 is 23.4 Å². The minimum Gasteiger partial charge on any atom is -0.458 e. The van der Waals surface area contributed by atoms with Crippen LogP contribution in [0.3, 0.4) is 0 Å². The zero-order valence-electron chi connectivity index (χ0n) is 14.8. The summed E-state index contributed by atoms with van der Waals surface area (Å²) in [4.78, 5) is 22.8. The van der Waals surface area contributed by atoms with E-state index in [1.165, 1.54) is 36.0 Å². The number of non-ortho nitro benzene ring substituents is 1. The van der Waals surface area contributed by atoms with E-state index >= 15 is 0 Å². The molecule has 0 fully saturated rings. The SMILES string of the molecule is Cc1c(COC(=O)CSc2ccc([N+](=O)[O-])cc2)noc1-c1ccc(F)cc1. The van der Waals surface area contributed by atoms with Crippen molar-refractivity contribution in [3.63, 3.8) is 0 Å². The number of hydrogen-bond acceptors (Lipinski definition) is 7. The molecular formula is C19H15FN2O5S. The van der Waals surface area contributed by atoms with Crippen molar-refractivity contribution in [2.45, 2.75) is 18.4 Å². The summed E-state index contributed by atoms with van der Waals surface area (Å²) in [5, 5.41) is 14.5. The lowest BCUT2D eigenvalue weighted by Crippen LogP contribution is -2.08. The maximum absolute atomic E-state index is 13.0. The second-order valence-electron chi connectivity index (χ2n) is 5.79. The summed E-state index contributed by atoms with van der Waals surface area (Å²) in [5.74, 6) is -0.250. The van der Waals surface area contributed by atoms with Crippen molar-refractivity contribution in [3.8, 4) is 11.3 Å². The fraction of sp³-hybridized carbons (Fsp3) is 0.158. The Morgan fingerprint density at radius 2 is 1.89 bits per heavy atom. The van der Waals surface area contributed by atoms with E-state index in [1.807, 2.05) is 0 Å². The molecule has 0 saturated carbocycles. The number of carbonyl (C=O) groups is 1. The third-order valence-corrected chi connectivity index (χ3v) is 4.89. The highest BCUT2D eigenvalue weighted by molar-refractivity contribution is 8.00. The van der Waals surface area contributed by atoms with Crippen LogP contribution in [0.4, 0.5) is 10.1 Å². The molecule has 0 saturated heterocycles. The van der Waals surface area contributed by atoms with Gasteiger partial charge in [-0.1, -0.05) is 5.16 Å². The number of rotatable bonds is 7. The lowest BCUT2D eigenvalue weighted by atomic mass is 10.1. The molecule has 0 bridgehead atoms. The normalized spacial score (nSPS) is 10.6. The van der Waals surface area contributed by atoms with Crippen molar-refractivity contribution in [1.29, 1.82) is 0 Å². The highest BCUT2D eigenvalue weighted by Crippen LogP contribution is 2.26. The zero-order valence-corrected chi connectivity index (χ0v) is 15.6. The van der Waals surface area contributed by atoms with E-state index in [4.69, 9.17) is 9.26 Å². The Bertz CT molecular complexity index is 987. The second kappa shape index (κ2) is 8.66. The monoisotopic (exact) mass is 402 g/mol. The smallest absolute Gasteiger partial charge is 0.316 e. The summed E-state index contributed by atoms with van der Waals surface area (Å²) in [6, 6.07) is 11.7. The van der Waals surface area contributed by atoms with E-state index < -0.39 is 10.9 Å². The van der Waals surface area contributed by atoms with Crippen LogP contribution in [0.5, 0.6) is 0 Å². The van der Waals surface area contributed by atoms with Crippen LogP contribution in [0, 0.1) is 22.9 Å². The fourth-order valence-corrected chi connectivity index (χ4v) is 3.07. The van der Waals surface area contributed by atoms with Crippen LogP contribution < -0.4 is 0 Å². The highest BCUT2D eigenvalue weighted by atomic mass is 32.2. The summed E-state index contributed by atoms with van der Waals surface area (Å²) in [6.45, 7) is 1.74. The quantitative estimate of drug-likeness (QED) is 0.248. The van der Waals surface area contributed by atoms with E-state index in [9.17, 15) is 19.3 Å². The van der Waals surface area contributed by atoms with Crippen molar-refractivity contribution in [1.82, 2.24) is 5.16 Å². The van der Waals surface area contributed by atoms with Gasteiger partial charge < -0.3 is 9.26 Å². The Kier molecular flexibility index (Phi) is 6.05. The Hall–Kier alpha value is -3.20. The first-order valence-corrected chi connectivity index (χ1v) is 9.16. The van der Waals surface area contributed by atoms with Gasteiger partial charge in [0, 0.05) is 28.2 Å². The topological polar surface area (TPSA) is 95.5 Å². The standard InChI is InChI=1S/C19H15FN2O5S/c1-12-17(21-27-19(12)13-2-4-14(20)5-3-13)10-26-18(23)11-28-16-8-6-15(7-9-16)22(24)25/h2-9H,10-11H2,1H3. The van der Waals surface area contributed by atoms with Gasteiger partial charge in [0.2, 0.25) is 0 Å². The molecule has 0 spiro atoms. The number of nitro groups is 1. The average Bonchev–Trinajstić information content (AvgIpc) is 3.06. The molecule has 0 radical (unpaired) electrons. The number of ether oxygens (including phenoxy) is 1.